The van der Waals surface area contributed by atoms with Crippen LogP contribution in [0.2, 0.25) is 5.02 Å². The minimum atomic E-state index is -1.30. The van der Waals surface area contributed by atoms with Gasteiger partial charge in [-0.05, 0) is 97.1 Å². The summed E-state index contributed by atoms with van der Waals surface area (Å²) in [4.78, 5) is 27.0. The van der Waals surface area contributed by atoms with Gasteiger partial charge in [0.1, 0.15) is 5.60 Å². The Balaban J connectivity index is 1.55. The van der Waals surface area contributed by atoms with Gasteiger partial charge in [-0.15, -0.1) is 0 Å². The van der Waals surface area contributed by atoms with Crippen LogP contribution in [-0.2, 0) is 21.6 Å². The molecule has 43 heavy (non-hydrogen) atoms. The van der Waals surface area contributed by atoms with Crippen LogP contribution in [0, 0.1) is 0 Å². The summed E-state index contributed by atoms with van der Waals surface area (Å²) >= 11 is 6.24. The number of carbonyl (C=O) groups is 2. The molecule has 1 heterocycles. The molecule has 0 radical (unpaired) electrons. The summed E-state index contributed by atoms with van der Waals surface area (Å²) < 4.78 is 11.7. The van der Waals surface area contributed by atoms with E-state index in [9.17, 15) is 14.7 Å². The van der Waals surface area contributed by atoms with Gasteiger partial charge in [0.15, 0.2) is 11.5 Å². The summed E-state index contributed by atoms with van der Waals surface area (Å²) in [6.45, 7) is 7.08. The zero-order valence-corrected chi connectivity index (χ0v) is 25.6. The molecule has 2 amide bonds. The van der Waals surface area contributed by atoms with Crippen LogP contribution in [0.3, 0.4) is 0 Å². The van der Waals surface area contributed by atoms with E-state index < -0.39 is 11.6 Å². The number of methoxy groups -OCH3 is 1. The first-order valence-corrected chi connectivity index (χ1v) is 14.5. The van der Waals surface area contributed by atoms with E-state index in [1.54, 1.807) is 43.2 Å². The molecule has 8 heteroatoms. The second-order valence-corrected chi connectivity index (χ2v) is 11.6. The van der Waals surface area contributed by atoms with Gasteiger partial charge in [-0.3, -0.25) is 9.59 Å². The molecule has 0 fully saturated rings. The van der Waals surface area contributed by atoms with Gasteiger partial charge in [-0.25, -0.2) is 0 Å². The van der Waals surface area contributed by atoms with Crippen LogP contribution in [0.4, 0.5) is 11.4 Å². The number of ether oxygens (including phenoxy) is 2. The van der Waals surface area contributed by atoms with Gasteiger partial charge >= 0.3 is 0 Å². The molecule has 0 spiro atoms. The Morgan fingerprint density at radius 3 is 2.14 bits per heavy atom. The molecule has 4 aromatic carbocycles. The number of nitrogens with zero attached hydrogens (tertiary/aromatic N) is 1. The number of benzene rings is 4. The molecule has 1 aliphatic rings. The molecular weight excluding hydrogens is 564 g/mol. The Bertz CT molecular complexity index is 1630. The smallest absolute Gasteiger partial charge is 0.232 e. The first kappa shape index (κ1) is 30.1. The summed E-state index contributed by atoms with van der Waals surface area (Å²) in [5.74, 6) is 0.963. The Morgan fingerprint density at radius 2 is 1.58 bits per heavy atom. The summed E-state index contributed by atoms with van der Waals surface area (Å²) in [5, 5.41) is 14.9. The first-order chi connectivity index (χ1) is 20.5. The van der Waals surface area contributed by atoms with Gasteiger partial charge in [-0.2, -0.15) is 0 Å². The SMILES string of the molecule is COc1cc2c(cc1OC(C)C)C(c1ccc(Cl)cc1)N(c1ccc(C(C)(O)c3ccc(NC(C)=O)cc3)cc1)C(=O)C2. The quantitative estimate of drug-likeness (QED) is 0.227. The molecule has 2 N–H and O–H groups in total. The number of aliphatic hydroxyl groups is 1. The van der Waals surface area contributed by atoms with Crippen LogP contribution in [-0.4, -0.2) is 30.1 Å². The van der Waals surface area contributed by atoms with Crippen molar-refractivity contribution in [1.82, 2.24) is 0 Å². The zero-order chi connectivity index (χ0) is 30.9. The predicted octanol–water partition coefficient (Wildman–Crippen LogP) is 7.03. The molecule has 0 aliphatic carbocycles. The highest BCUT2D eigenvalue weighted by atomic mass is 35.5. The number of hydrogen-bond acceptors (Lipinski definition) is 5. The van der Waals surface area contributed by atoms with E-state index in [2.05, 4.69) is 5.32 Å². The lowest BCUT2D eigenvalue weighted by molar-refractivity contribution is -0.118. The van der Waals surface area contributed by atoms with Gasteiger partial charge in [0.2, 0.25) is 11.8 Å². The van der Waals surface area contributed by atoms with E-state index in [0.29, 0.717) is 39.0 Å². The number of amides is 2. The third kappa shape index (κ3) is 6.24. The van der Waals surface area contributed by atoms with Crippen molar-refractivity contribution in [1.29, 1.82) is 0 Å². The van der Waals surface area contributed by atoms with Crippen molar-refractivity contribution in [3.63, 3.8) is 0 Å². The molecule has 1 aliphatic heterocycles. The van der Waals surface area contributed by atoms with E-state index in [1.165, 1.54) is 6.92 Å². The van der Waals surface area contributed by atoms with Crippen molar-refractivity contribution in [2.24, 2.45) is 0 Å². The summed E-state index contributed by atoms with van der Waals surface area (Å²) in [5.41, 5.74) is 4.08. The van der Waals surface area contributed by atoms with Crippen molar-refractivity contribution in [3.8, 4) is 11.5 Å². The fourth-order valence-electron chi connectivity index (χ4n) is 5.52. The number of halogens is 1. The van der Waals surface area contributed by atoms with Crippen molar-refractivity contribution in [3.05, 3.63) is 118 Å². The van der Waals surface area contributed by atoms with Crippen LogP contribution >= 0.6 is 11.6 Å². The van der Waals surface area contributed by atoms with E-state index in [4.69, 9.17) is 21.1 Å². The summed E-state index contributed by atoms with van der Waals surface area (Å²) in [6.07, 6.45) is 0.127. The van der Waals surface area contributed by atoms with Crippen molar-refractivity contribution >= 4 is 34.8 Å². The number of carbonyl (C=O) groups excluding carboxylic acids is 2. The Kier molecular flexibility index (Phi) is 8.49. The topological polar surface area (TPSA) is 88.1 Å². The zero-order valence-electron chi connectivity index (χ0n) is 24.9. The van der Waals surface area contributed by atoms with Crippen LogP contribution in [0.5, 0.6) is 11.5 Å². The molecule has 222 valence electrons. The highest BCUT2D eigenvalue weighted by Gasteiger charge is 2.36. The lowest BCUT2D eigenvalue weighted by Crippen LogP contribution is -2.41. The van der Waals surface area contributed by atoms with Gasteiger partial charge in [0, 0.05) is 23.3 Å². The molecule has 0 saturated carbocycles. The maximum atomic E-state index is 13.8. The largest absolute Gasteiger partial charge is 0.493 e. The van der Waals surface area contributed by atoms with Crippen molar-refractivity contribution in [2.75, 3.05) is 17.3 Å². The number of nitrogens with one attached hydrogen (secondary N) is 1. The van der Waals surface area contributed by atoms with Gasteiger partial charge < -0.3 is 24.8 Å². The lowest BCUT2D eigenvalue weighted by Gasteiger charge is -2.38. The maximum Gasteiger partial charge on any atom is 0.232 e. The fraction of sp³-hybridized carbons (Fsp3) is 0.257. The number of anilines is 2. The van der Waals surface area contributed by atoms with E-state index in [-0.39, 0.29) is 24.3 Å². The third-order valence-electron chi connectivity index (χ3n) is 7.61. The van der Waals surface area contributed by atoms with E-state index in [1.807, 2.05) is 74.5 Å². The van der Waals surface area contributed by atoms with Crippen molar-refractivity contribution in [2.45, 2.75) is 51.9 Å². The lowest BCUT2D eigenvalue weighted by atomic mass is 9.86. The molecule has 0 saturated heterocycles. The average Bonchev–Trinajstić information content (AvgIpc) is 2.97. The normalized spacial score (nSPS) is 16.0. The van der Waals surface area contributed by atoms with Crippen LogP contribution < -0.4 is 19.7 Å². The van der Waals surface area contributed by atoms with Crippen LogP contribution in [0.1, 0.15) is 61.6 Å². The molecular formula is C35H35ClN2O5. The number of fused-ring (bicyclic) bond motifs is 1. The molecule has 4 aromatic rings. The summed E-state index contributed by atoms with van der Waals surface area (Å²) in [7, 11) is 1.59. The highest BCUT2D eigenvalue weighted by molar-refractivity contribution is 6.30. The first-order valence-electron chi connectivity index (χ1n) is 14.1. The predicted molar refractivity (Wildman–Crippen MR) is 169 cm³/mol. The second kappa shape index (κ2) is 12.1. The molecule has 0 aromatic heterocycles. The highest BCUT2D eigenvalue weighted by Crippen LogP contribution is 2.44. The van der Waals surface area contributed by atoms with Gasteiger partial charge in [0.25, 0.3) is 0 Å². The average molecular weight is 599 g/mol. The van der Waals surface area contributed by atoms with Crippen LogP contribution in [0.15, 0.2) is 84.9 Å². The second-order valence-electron chi connectivity index (χ2n) is 11.1. The minimum absolute atomic E-state index is 0.0656. The van der Waals surface area contributed by atoms with Gasteiger partial charge in [-0.1, -0.05) is 48.0 Å². The van der Waals surface area contributed by atoms with Crippen LogP contribution in [0.25, 0.3) is 0 Å². The van der Waals surface area contributed by atoms with Crippen molar-refractivity contribution < 1.29 is 24.2 Å². The standard InChI is InChI=1S/C35H35ClN2O5/c1-21(2)43-32-20-30-24(18-31(32)42-5)19-33(40)38(34(30)23-6-12-27(36)13-7-23)29-16-10-26(11-17-29)35(4,41)25-8-14-28(15-9-25)37-22(3)39/h6-18,20-21,34,41H,19H2,1-5H3,(H,37,39). The molecule has 7 nitrogen and oxygen atoms in total. The maximum absolute atomic E-state index is 13.8. The number of hydrogen-bond donors (Lipinski definition) is 2. The Hall–Kier alpha value is -4.33. The fourth-order valence-corrected chi connectivity index (χ4v) is 5.65. The Labute approximate surface area is 257 Å². The molecule has 2 unspecified atom stereocenters. The molecule has 0 bridgehead atoms. The Morgan fingerprint density at radius 1 is 0.977 bits per heavy atom. The molecule has 5 rings (SSSR count). The van der Waals surface area contributed by atoms with Gasteiger partial charge in [0.05, 0.1) is 25.7 Å². The molecule has 2 atom stereocenters. The van der Waals surface area contributed by atoms with E-state index in [0.717, 1.165) is 16.7 Å². The van der Waals surface area contributed by atoms with E-state index >= 15 is 0 Å². The summed E-state index contributed by atoms with van der Waals surface area (Å²) in [6, 6.07) is 25.4. The monoisotopic (exact) mass is 598 g/mol. The number of rotatable bonds is 8. The third-order valence-corrected chi connectivity index (χ3v) is 7.86. The minimum Gasteiger partial charge on any atom is -0.493 e.